The molecule has 2 nitrogen and oxygen atoms in total. The maximum absolute atomic E-state index is 5.74. The summed E-state index contributed by atoms with van der Waals surface area (Å²) < 4.78 is 6.83. The van der Waals surface area contributed by atoms with Gasteiger partial charge in [-0.2, -0.15) is 0 Å². The van der Waals surface area contributed by atoms with E-state index in [4.69, 9.17) is 4.74 Å². The molecule has 0 aromatic heterocycles. The monoisotopic (exact) mass is 269 g/mol. The third-order valence-corrected chi connectivity index (χ3v) is 3.26. The zero-order valence-electron chi connectivity index (χ0n) is 9.03. The molecule has 15 heavy (non-hydrogen) atoms. The van der Waals surface area contributed by atoms with Crippen molar-refractivity contribution in [3.63, 3.8) is 0 Å². The lowest BCUT2D eigenvalue weighted by molar-refractivity contribution is 0.0999. The Balaban J connectivity index is 2.08. The molecule has 0 unspecified atom stereocenters. The maximum atomic E-state index is 5.74. The van der Waals surface area contributed by atoms with Crippen LogP contribution in [-0.4, -0.2) is 12.6 Å². The van der Waals surface area contributed by atoms with Crippen molar-refractivity contribution in [3.05, 3.63) is 34.3 Å². The van der Waals surface area contributed by atoms with Crippen molar-refractivity contribution >= 4 is 15.9 Å². The van der Waals surface area contributed by atoms with Crippen LogP contribution in [0.3, 0.4) is 0 Å². The predicted octanol–water partition coefficient (Wildman–Crippen LogP) is 3.09. The van der Waals surface area contributed by atoms with E-state index < -0.39 is 0 Å². The van der Waals surface area contributed by atoms with Crippen molar-refractivity contribution in [1.82, 2.24) is 5.32 Å². The first-order valence-corrected chi connectivity index (χ1v) is 6.09. The van der Waals surface area contributed by atoms with Gasteiger partial charge in [-0.25, -0.2) is 0 Å². The molecule has 1 saturated heterocycles. The fraction of sp³-hybridized carbons (Fsp3) is 0.500. The number of nitrogens with one attached hydrogen (secondary N) is 1. The topological polar surface area (TPSA) is 21.3 Å². The molecule has 0 spiro atoms. The first kappa shape index (κ1) is 11.1. The van der Waals surface area contributed by atoms with Gasteiger partial charge in [-0.15, -0.1) is 0 Å². The molecule has 0 saturated carbocycles. The minimum atomic E-state index is 0.0508. The van der Waals surface area contributed by atoms with Crippen molar-refractivity contribution in [2.24, 2.45) is 5.92 Å². The Morgan fingerprint density at radius 1 is 1.47 bits per heavy atom. The molecule has 1 aliphatic heterocycles. The van der Waals surface area contributed by atoms with Crippen LogP contribution in [0.25, 0.3) is 0 Å². The second-order valence-electron chi connectivity index (χ2n) is 4.29. The van der Waals surface area contributed by atoms with Gasteiger partial charge in [-0.1, -0.05) is 41.9 Å². The third-order valence-electron chi connectivity index (χ3n) is 2.76. The zero-order chi connectivity index (χ0) is 10.8. The van der Waals surface area contributed by atoms with Crippen molar-refractivity contribution in [2.75, 3.05) is 6.61 Å². The minimum Gasteiger partial charge on any atom is -0.357 e. The lowest BCUT2D eigenvalue weighted by atomic mass is 10.1. The molecule has 0 radical (unpaired) electrons. The summed E-state index contributed by atoms with van der Waals surface area (Å²) in [6, 6.07) is 8.71. The lowest BCUT2D eigenvalue weighted by Crippen LogP contribution is -2.30. The van der Waals surface area contributed by atoms with Gasteiger partial charge in [0, 0.05) is 10.5 Å². The van der Waals surface area contributed by atoms with Gasteiger partial charge in [0.25, 0.3) is 0 Å². The molecule has 1 aliphatic rings. The summed E-state index contributed by atoms with van der Waals surface area (Å²) in [6.45, 7) is 5.23. The van der Waals surface area contributed by atoms with Gasteiger partial charge < -0.3 is 4.74 Å². The zero-order valence-corrected chi connectivity index (χ0v) is 10.6. The average molecular weight is 270 g/mol. The second-order valence-corrected chi connectivity index (χ2v) is 5.20. The van der Waals surface area contributed by atoms with Crippen LogP contribution < -0.4 is 5.32 Å². The Labute approximate surface area is 99.1 Å². The molecule has 0 aliphatic carbocycles. The number of hydrogen-bond donors (Lipinski definition) is 1. The van der Waals surface area contributed by atoms with Crippen LogP contribution in [0.15, 0.2) is 28.7 Å². The van der Waals surface area contributed by atoms with Gasteiger partial charge in [-0.05, 0) is 23.6 Å². The van der Waals surface area contributed by atoms with Gasteiger partial charge in [0.1, 0.15) is 6.23 Å². The average Bonchev–Trinajstić information content (AvgIpc) is 2.66. The van der Waals surface area contributed by atoms with E-state index in [-0.39, 0.29) is 6.23 Å². The highest BCUT2D eigenvalue weighted by molar-refractivity contribution is 9.10. The van der Waals surface area contributed by atoms with E-state index in [2.05, 4.69) is 47.2 Å². The first-order valence-electron chi connectivity index (χ1n) is 5.30. The highest BCUT2D eigenvalue weighted by atomic mass is 79.9. The van der Waals surface area contributed by atoms with E-state index in [9.17, 15) is 0 Å². The van der Waals surface area contributed by atoms with Crippen LogP contribution in [-0.2, 0) is 4.74 Å². The standard InChI is InChI=1S/C12H16BrNO/c1-8(2)11-7-15-12(14-11)9-4-3-5-10(13)6-9/h3-6,8,11-12,14H,7H2,1-2H3/t11-,12+/m1/s1. The van der Waals surface area contributed by atoms with Crippen LogP contribution in [0, 0.1) is 5.92 Å². The predicted molar refractivity (Wildman–Crippen MR) is 64.6 cm³/mol. The molecule has 1 N–H and O–H groups in total. The van der Waals surface area contributed by atoms with Gasteiger partial charge in [0.2, 0.25) is 0 Å². The lowest BCUT2D eigenvalue weighted by Gasteiger charge is -2.15. The largest absolute Gasteiger partial charge is 0.357 e. The molecule has 1 aromatic carbocycles. The summed E-state index contributed by atoms with van der Waals surface area (Å²) in [5.74, 6) is 0.613. The Bertz CT molecular complexity index is 340. The third kappa shape index (κ3) is 2.60. The van der Waals surface area contributed by atoms with E-state index in [1.807, 2.05) is 12.1 Å². The van der Waals surface area contributed by atoms with E-state index in [0.29, 0.717) is 12.0 Å². The molecule has 0 bridgehead atoms. The fourth-order valence-electron chi connectivity index (χ4n) is 1.74. The summed E-state index contributed by atoms with van der Waals surface area (Å²) >= 11 is 3.47. The summed E-state index contributed by atoms with van der Waals surface area (Å²) in [5, 5.41) is 3.49. The highest BCUT2D eigenvalue weighted by Gasteiger charge is 2.27. The second kappa shape index (κ2) is 4.64. The first-order chi connectivity index (χ1) is 7.16. The fourth-order valence-corrected chi connectivity index (χ4v) is 2.15. The van der Waals surface area contributed by atoms with Gasteiger partial charge in [0.05, 0.1) is 6.61 Å². The summed E-state index contributed by atoms with van der Waals surface area (Å²) in [4.78, 5) is 0. The quantitative estimate of drug-likeness (QED) is 0.891. The van der Waals surface area contributed by atoms with Crippen molar-refractivity contribution < 1.29 is 4.74 Å². The Kier molecular flexibility index (Phi) is 3.44. The van der Waals surface area contributed by atoms with E-state index in [1.54, 1.807) is 0 Å². The minimum absolute atomic E-state index is 0.0508. The molecule has 2 atom stereocenters. The molecule has 2 rings (SSSR count). The SMILES string of the molecule is CC(C)[C@H]1CO[C@@H](c2cccc(Br)c2)N1. The molecule has 1 heterocycles. The smallest absolute Gasteiger partial charge is 0.134 e. The van der Waals surface area contributed by atoms with E-state index in [0.717, 1.165) is 11.1 Å². The Hall–Kier alpha value is -0.380. The van der Waals surface area contributed by atoms with Crippen molar-refractivity contribution in [3.8, 4) is 0 Å². The van der Waals surface area contributed by atoms with Crippen LogP contribution >= 0.6 is 15.9 Å². The summed E-state index contributed by atoms with van der Waals surface area (Å²) in [5.41, 5.74) is 1.19. The Morgan fingerprint density at radius 2 is 2.27 bits per heavy atom. The van der Waals surface area contributed by atoms with Gasteiger partial charge in [0.15, 0.2) is 0 Å². The van der Waals surface area contributed by atoms with Gasteiger partial charge >= 0.3 is 0 Å². The summed E-state index contributed by atoms with van der Waals surface area (Å²) in [6.07, 6.45) is 0.0508. The van der Waals surface area contributed by atoms with Crippen LogP contribution in [0.1, 0.15) is 25.6 Å². The number of benzene rings is 1. The number of rotatable bonds is 2. The number of hydrogen-bond acceptors (Lipinski definition) is 2. The Morgan fingerprint density at radius 3 is 2.87 bits per heavy atom. The van der Waals surface area contributed by atoms with Crippen molar-refractivity contribution in [2.45, 2.75) is 26.1 Å². The van der Waals surface area contributed by atoms with Gasteiger partial charge in [-0.3, -0.25) is 5.32 Å². The summed E-state index contributed by atoms with van der Waals surface area (Å²) in [7, 11) is 0. The highest BCUT2D eigenvalue weighted by Crippen LogP contribution is 2.25. The molecule has 3 heteroatoms. The molecule has 1 fully saturated rings. The normalized spacial score (nSPS) is 26.1. The molecule has 0 amide bonds. The van der Waals surface area contributed by atoms with Crippen molar-refractivity contribution in [1.29, 1.82) is 0 Å². The van der Waals surface area contributed by atoms with Crippen LogP contribution in [0.5, 0.6) is 0 Å². The van der Waals surface area contributed by atoms with E-state index >= 15 is 0 Å². The molecular formula is C12H16BrNO. The number of halogens is 1. The molecule has 82 valence electrons. The molecule has 1 aromatic rings. The van der Waals surface area contributed by atoms with E-state index in [1.165, 1.54) is 5.56 Å². The van der Waals surface area contributed by atoms with Crippen LogP contribution in [0.2, 0.25) is 0 Å². The number of ether oxygens (including phenoxy) is 1. The molecular weight excluding hydrogens is 254 g/mol. The maximum Gasteiger partial charge on any atom is 0.134 e. The van der Waals surface area contributed by atoms with Crippen LogP contribution in [0.4, 0.5) is 0 Å².